The van der Waals surface area contributed by atoms with Gasteiger partial charge in [0.2, 0.25) is 0 Å². The van der Waals surface area contributed by atoms with Crippen LogP contribution in [0.4, 0.5) is 5.69 Å². The molecule has 3 rings (SSSR count). The minimum absolute atomic E-state index is 0.119. The maximum atomic E-state index is 6.46. The van der Waals surface area contributed by atoms with E-state index in [-0.39, 0.29) is 6.04 Å². The van der Waals surface area contributed by atoms with Crippen molar-refractivity contribution in [3.8, 4) is 0 Å². The van der Waals surface area contributed by atoms with Crippen molar-refractivity contribution in [2.75, 3.05) is 18.0 Å². The molecule has 106 valence electrons. The Morgan fingerprint density at radius 3 is 2.65 bits per heavy atom. The Kier molecular flexibility index (Phi) is 4.03. The Morgan fingerprint density at radius 1 is 1.20 bits per heavy atom. The van der Waals surface area contributed by atoms with E-state index in [0.29, 0.717) is 0 Å². The summed E-state index contributed by atoms with van der Waals surface area (Å²) in [4.78, 5) is 8.14. The highest BCUT2D eigenvalue weighted by Gasteiger charge is 2.20. The first-order valence-electron chi connectivity index (χ1n) is 7.27. The van der Waals surface area contributed by atoms with Crippen molar-refractivity contribution in [3.63, 3.8) is 0 Å². The number of benzene rings is 1. The summed E-state index contributed by atoms with van der Waals surface area (Å²) in [6.45, 7) is 4.35. The van der Waals surface area contributed by atoms with Crippen LogP contribution in [0.15, 0.2) is 30.5 Å². The van der Waals surface area contributed by atoms with E-state index >= 15 is 0 Å². The molecule has 0 saturated carbocycles. The summed E-state index contributed by atoms with van der Waals surface area (Å²) < 4.78 is 0. The van der Waals surface area contributed by atoms with Crippen molar-refractivity contribution in [2.45, 2.75) is 32.2 Å². The second kappa shape index (κ2) is 5.94. The number of nitrogens with zero attached hydrogens (tertiary/aromatic N) is 2. The number of aromatic nitrogens is 1. The van der Waals surface area contributed by atoms with Crippen LogP contribution in [0.2, 0.25) is 0 Å². The standard InChI is InChI=1S/C16H21N3S/c1-12-11-18-16(20-12)15(17)13-7-3-4-8-14(13)19-9-5-2-6-10-19/h3-4,7-8,11,15H,2,5-6,9-10,17H2,1H3. The molecule has 3 nitrogen and oxygen atoms in total. The molecule has 20 heavy (non-hydrogen) atoms. The van der Waals surface area contributed by atoms with Gasteiger partial charge in [-0.15, -0.1) is 11.3 Å². The lowest BCUT2D eigenvalue weighted by Gasteiger charge is -2.31. The molecule has 1 unspecified atom stereocenters. The molecule has 0 radical (unpaired) electrons. The van der Waals surface area contributed by atoms with E-state index in [1.54, 1.807) is 11.3 Å². The van der Waals surface area contributed by atoms with Crippen LogP contribution in [0.3, 0.4) is 0 Å². The maximum absolute atomic E-state index is 6.46. The quantitative estimate of drug-likeness (QED) is 0.939. The first-order chi connectivity index (χ1) is 9.75. The average molecular weight is 287 g/mol. The Hall–Kier alpha value is -1.39. The van der Waals surface area contributed by atoms with Gasteiger partial charge in [0.15, 0.2) is 0 Å². The van der Waals surface area contributed by atoms with Gasteiger partial charge in [-0.05, 0) is 37.8 Å². The third kappa shape index (κ3) is 2.72. The van der Waals surface area contributed by atoms with E-state index in [1.807, 2.05) is 6.20 Å². The van der Waals surface area contributed by atoms with Crippen LogP contribution in [0, 0.1) is 6.92 Å². The van der Waals surface area contributed by atoms with E-state index in [4.69, 9.17) is 5.73 Å². The highest BCUT2D eigenvalue weighted by Crippen LogP contribution is 2.32. The van der Waals surface area contributed by atoms with Crippen molar-refractivity contribution in [1.82, 2.24) is 4.98 Å². The monoisotopic (exact) mass is 287 g/mol. The number of piperidine rings is 1. The van der Waals surface area contributed by atoms with Gasteiger partial charge in [-0.1, -0.05) is 18.2 Å². The largest absolute Gasteiger partial charge is 0.371 e. The molecule has 1 aliphatic rings. The first-order valence-corrected chi connectivity index (χ1v) is 8.09. The van der Waals surface area contributed by atoms with Gasteiger partial charge in [0.25, 0.3) is 0 Å². The van der Waals surface area contributed by atoms with Gasteiger partial charge in [-0.25, -0.2) is 4.98 Å². The Balaban J connectivity index is 1.92. The smallest absolute Gasteiger partial charge is 0.114 e. The van der Waals surface area contributed by atoms with Gasteiger partial charge < -0.3 is 10.6 Å². The molecule has 1 fully saturated rings. The molecule has 2 aromatic rings. The molecule has 1 saturated heterocycles. The number of hydrogen-bond acceptors (Lipinski definition) is 4. The predicted molar refractivity (Wildman–Crippen MR) is 85.4 cm³/mol. The number of aryl methyl sites for hydroxylation is 1. The molecule has 4 heteroatoms. The summed E-state index contributed by atoms with van der Waals surface area (Å²) >= 11 is 1.69. The van der Waals surface area contributed by atoms with E-state index in [2.05, 4.69) is 41.1 Å². The second-order valence-electron chi connectivity index (χ2n) is 5.39. The molecule has 0 spiro atoms. The average Bonchev–Trinajstić information content (AvgIpc) is 2.94. The molecule has 1 aromatic heterocycles. The van der Waals surface area contributed by atoms with E-state index in [0.717, 1.165) is 18.1 Å². The summed E-state index contributed by atoms with van der Waals surface area (Å²) in [5.41, 5.74) is 8.94. The summed E-state index contributed by atoms with van der Waals surface area (Å²) in [5, 5.41) is 1.01. The summed E-state index contributed by atoms with van der Waals surface area (Å²) in [7, 11) is 0. The zero-order valence-corrected chi connectivity index (χ0v) is 12.7. The zero-order valence-electron chi connectivity index (χ0n) is 11.9. The topological polar surface area (TPSA) is 42.1 Å². The molecule has 2 heterocycles. The van der Waals surface area contributed by atoms with Gasteiger partial charge in [-0.3, -0.25) is 0 Å². The van der Waals surface area contributed by atoms with Crippen LogP contribution in [-0.2, 0) is 0 Å². The zero-order chi connectivity index (χ0) is 13.9. The Labute approximate surface area is 124 Å². The summed E-state index contributed by atoms with van der Waals surface area (Å²) in [6.07, 6.45) is 5.81. The SMILES string of the molecule is Cc1cnc(C(N)c2ccccc2N2CCCCC2)s1. The normalized spacial score (nSPS) is 17.2. The second-order valence-corrected chi connectivity index (χ2v) is 6.66. The fourth-order valence-electron chi connectivity index (χ4n) is 2.82. The minimum atomic E-state index is -0.119. The van der Waals surface area contributed by atoms with Crippen molar-refractivity contribution in [1.29, 1.82) is 0 Å². The summed E-state index contributed by atoms with van der Waals surface area (Å²) in [5.74, 6) is 0. The fourth-order valence-corrected chi connectivity index (χ4v) is 3.62. The van der Waals surface area contributed by atoms with Crippen LogP contribution >= 0.6 is 11.3 Å². The van der Waals surface area contributed by atoms with Gasteiger partial charge >= 0.3 is 0 Å². The van der Waals surface area contributed by atoms with Crippen LogP contribution < -0.4 is 10.6 Å². The maximum Gasteiger partial charge on any atom is 0.114 e. The third-order valence-electron chi connectivity index (χ3n) is 3.87. The highest BCUT2D eigenvalue weighted by atomic mass is 32.1. The van der Waals surface area contributed by atoms with Crippen molar-refractivity contribution >= 4 is 17.0 Å². The summed E-state index contributed by atoms with van der Waals surface area (Å²) in [6, 6.07) is 8.40. The first kappa shape index (κ1) is 13.6. The number of nitrogens with two attached hydrogens (primary N) is 1. The third-order valence-corrected chi connectivity index (χ3v) is 4.87. The van der Waals surface area contributed by atoms with Gasteiger partial charge in [0.1, 0.15) is 5.01 Å². The van der Waals surface area contributed by atoms with Crippen LogP contribution in [-0.4, -0.2) is 18.1 Å². The van der Waals surface area contributed by atoms with Gasteiger partial charge in [0.05, 0.1) is 6.04 Å². The van der Waals surface area contributed by atoms with E-state index in [1.165, 1.54) is 35.4 Å². The van der Waals surface area contributed by atoms with E-state index in [9.17, 15) is 0 Å². The molecule has 0 aliphatic carbocycles. The molecule has 1 atom stereocenters. The van der Waals surface area contributed by atoms with Crippen LogP contribution in [0.5, 0.6) is 0 Å². The van der Waals surface area contributed by atoms with Gasteiger partial charge in [0, 0.05) is 29.9 Å². The number of anilines is 1. The lowest BCUT2D eigenvalue weighted by molar-refractivity contribution is 0.575. The van der Waals surface area contributed by atoms with Crippen molar-refractivity contribution in [3.05, 3.63) is 45.9 Å². The molecule has 2 N–H and O–H groups in total. The molecule has 0 bridgehead atoms. The van der Waals surface area contributed by atoms with Gasteiger partial charge in [-0.2, -0.15) is 0 Å². The number of rotatable bonds is 3. The fraction of sp³-hybridized carbons (Fsp3) is 0.438. The van der Waals surface area contributed by atoms with Crippen LogP contribution in [0.25, 0.3) is 0 Å². The lowest BCUT2D eigenvalue weighted by Crippen LogP contribution is -2.31. The molecule has 0 amide bonds. The minimum Gasteiger partial charge on any atom is -0.371 e. The molecule has 1 aromatic carbocycles. The van der Waals surface area contributed by atoms with Crippen LogP contribution in [0.1, 0.15) is 40.8 Å². The van der Waals surface area contributed by atoms with E-state index < -0.39 is 0 Å². The van der Waals surface area contributed by atoms with Crippen molar-refractivity contribution in [2.24, 2.45) is 5.73 Å². The van der Waals surface area contributed by atoms with Crippen molar-refractivity contribution < 1.29 is 0 Å². The Morgan fingerprint density at radius 2 is 1.95 bits per heavy atom. The Bertz CT molecular complexity index is 573. The predicted octanol–water partition coefficient (Wildman–Crippen LogP) is 3.49. The highest BCUT2D eigenvalue weighted by molar-refractivity contribution is 7.11. The molecule has 1 aliphatic heterocycles. The number of hydrogen-bond donors (Lipinski definition) is 1. The molecular formula is C16H21N3S. The number of para-hydroxylation sites is 1. The molecular weight excluding hydrogens is 266 g/mol. The lowest BCUT2D eigenvalue weighted by atomic mass is 10.0. The number of thiazole rings is 1.